The lowest BCUT2D eigenvalue weighted by Gasteiger charge is -2.02. The number of halogens is 1. The van der Waals surface area contributed by atoms with Gasteiger partial charge in [-0.25, -0.2) is 0 Å². The molecule has 0 aliphatic heterocycles. The maximum absolute atomic E-state index is 11.1. The fourth-order valence-corrected chi connectivity index (χ4v) is 1.78. The Labute approximate surface area is 93.0 Å². The number of carbonyl (C=O) groups is 1. The average Bonchev–Trinajstić information content (AvgIpc) is 2.17. The molecule has 0 fully saturated rings. The molecule has 1 amide bonds. The van der Waals surface area contributed by atoms with Crippen LogP contribution in [-0.2, 0) is 4.79 Å². The first-order valence-corrected chi connectivity index (χ1v) is 5.74. The molecule has 0 atom stereocenters. The van der Waals surface area contributed by atoms with Gasteiger partial charge >= 0.3 is 0 Å². The third-order valence-electron chi connectivity index (χ3n) is 1.56. The molecule has 0 aliphatic rings. The van der Waals surface area contributed by atoms with E-state index in [1.54, 1.807) is 0 Å². The summed E-state index contributed by atoms with van der Waals surface area (Å²) < 4.78 is 0. The smallest absolute Gasteiger partial charge is 0.230 e. The standard InChI is InChI=1S/C10H12ClNOS/c1-2-12-10(13)7-14-9-5-3-8(11)4-6-9/h3-6H,2,7H2,1H3,(H,12,13). The Morgan fingerprint density at radius 2 is 2.07 bits per heavy atom. The molecular formula is C10H12ClNOS. The van der Waals surface area contributed by atoms with Gasteiger partial charge in [-0.1, -0.05) is 11.6 Å². The predicted molar refractivity (Wildman–Crippen MR) is 60.9 cm³/mol. The van der Waals surface area contributed by atoms with Gasteiger partial charge in [0.15, 0.2) is 0 Å². The van der Waals surface area contributed by atoms with Crippen molar-refractivity contribution in [2.75, 3.05) is 12.3 Å². The van der Waals surface area contributed by atoms with Crippen LogP contribution in [0, 0.1) is 0 Å². The molecule has 1 aromatic rings. The molecule has 0 spiro atoms. The summed E-state index contributed by atoms with van der Waals surface area (Å²) in [4.78, 5) is 12.2. The lowest BCUT2D eigenvalue weighted by Crippen LogP contribution is -2.24. The molecule has 4 heteroatoms. The Morgan fingerprint density at radius 3 is 2.64 bits per heavy atom. The van der Waals surface area contributed by atoms with Crippen LogP contribution in [0.25, 0.3) is 0 Å². The second-order valence-corrected chi connectivity index (χ2v) is 4.18. The van der Waals surface area contributed by atoms with Gasteiger partial charge in [0.05, 0.1) is 5.75 Å². The van der Waals surface area contributed by atoms with Crippen LogP contribution in [0.15, 0.2) is 29.2 Å². The van der Waals surface area contributed by atoms with E-state index in [0.717, 1.165) is 4.90 Å². The van der Waals surface area contributed by atoms with Crippen molar-refractivity contribution in [3.05, 3.63) is 29.3 Å². The van der Waals surface area contributed by atoms with Gasteiger partial charge in [-0.3, -0.25) is 4.79 Å². The highest BCUT2D eigenvalue weighted by Gasteiger charge is 2.00. The minimum Gasteiger partial charge on any atom is -0.356 e. The summed E-state index contributed by atoms with van der Waals surface area (Å²) in [6, 6.07) is 7.46. The van der Waals surface area contributed by atoms with Crippen LogP contribution in [0.2, 0.25) is 5.02 Å². The molecule has 0 aliphatic carbocycles. The zero-order chi connectivity index (χ0) is 10.4. The SMILES string of the molecule is CCNC(=O)CSc1ccc(Cl)cc1. The molecule has 0 saturated heterocycles. The van der Waals surface area contributed by atoms with Gasteiger partial charge < -0.3 is 5.32 Å². The third-order valence-corrected chi connectivity index (χ3v) is 2.82. The first-order valence-electron chi connectivity index (χ1n) is 4.37. The highest BCUT2D eigenvalue weighted by molar-refractivity contribution is 8.00. The minimum atomic E-state index is 0.0625. The van der Waals surface area contributed by atoms with Crippen LogP contribution in [0.3, 0.4) is 0 Å². The molecule has 1 rings (SSSR count). The van der Waals surface area contributed by atoms with E-state index in [1.165, 1.54) is 11.8 Å². The molecule has 0 heterocycles. The molecule has 76 valence electrons. The van der Waals surface area contributed by atoms with Crippen molar-refractivity contribution in [1.29, 1.82) is 0 Å². The first-order chi connectivity index (χ1) is 6.72. The molecular weight excluding hydrogens is 218 g/mol. The monoisotopic (exact) mass is 229 g/mol. The second kappa shape index (κ2) is 5.94. The quantitative estimate of drug-likeness (QED) is 0.805. The average molecular weight is 230 g/mol. The number of thioether (sulfide) groups is 1. The molecule has 0 radical (unpaired) electrons. The number of rotatable bonds is 4. The number of amides is 1. The summed E-state index contributed by atoms with van der Waals surface area (Å²) in [5.74, 6) is 0.516. The topological polar surface area (TPSA) is 29.1 Å². The van der Waals surface area contributed by atoms with Crippen molar-refractivity contribution in [2.24, 2.45) is 0 Å². The van der Waals surface area contributed by atoms with Gasteiger partial charge in [0.1, 0.15) is 0 Å². The van der Waals surface area contributed by atoms with Crippen molar-refractivity contribution in [1.82, 2.24) is 5.32 Å². The Morgan fingerprint density at radius 1 is 1.43 bits per heavy atom. The van der Waals surface area contributed by atoms with E-state index in [0.29, 0.717) is 17.3 Å². The molecule has 0 bridgehead atoms. The summed E-state index contributed by atoms with van der Waals surface area (Å²) in [5, 5.41) is 3.46. The number of benzene rings is 1. The van der Waals surface area contributed by atoms with Crippen LogP contribution in [0.4, 0.5) is 0 Å². The van der Waals surface area contributed by atoms with Crippen molar-refractivity contribution in [3.63, 3.8) is 0 Å². The fourth-order valence-electron chi connectivity index (χ4n) is 0.928. The number of carbonyl (C=O) groups excluding carboxylic acids is 1. The highest BCUT2D eigenvalue weighted by atomic mass is 35.5. The molecule has 0 saturated carbocycles. The first kappa shape index (κ1) is 11.4. The van der Waals surface area contributed by atoms with E-state index in [-0.39, 0.29) is 5.91 Å². The van der Waals surface area contributed by atoms with Crippen LogP contribution >= 0.6 is 23.4 Å². The van der Waals surface area contributed by atoms with Gasteiger partial charge in [0.2, 0.25) is 5.91 Å². The van der Waals surface area contributed by atoms with Crippen LogP contribution in [-0.4, -0.2) is 18.2 Å². The van der Waals surface area contributed by atoms with E-state index in [1.807, 2.05) is 31.2 Å². The maximum Gasteiger partial charge on any atom is 0.230 e. The number of hydrogen-bond acceptors (Lipinski definition) is 2. The Hall–Kier alpha value is -0.670. The number of hydrogen-bond donors (Lipinski definition) is 1. The third kappa shape index (κ3) is 4.03. The zero-order valence-corrected chi connectivity index (χ0v) is 9.49. The Balaban J connectivity index is 2.38. The largest absolute Gasteiger partial charge is 0.356 e. The van der Waals surface area contributed by atoms with E-state index in [4.69, 9.17) is 11.6 Å². The van der Waals surface area contributed by atoms with Gasteiger partial charge in [0, 0.05) is 16.5 Å². The van der Waals surface area contributed by atoms with Crippen molar-refractivity contribution in [3.8, 4) is 0 Å². The maximum atomic E-state index is 11.1. The zero-order valence-electron chi connectivity index (χ0n) is 7.92. The lowest BCUT2D eigenvalue weighted by atomic mass is 10.4. The van der Waals surface area contributed by atoms with Crippen molar-refractivity contribution >= 4 is 29.3 Å². The second-order valence-electron chi connectivity index (χ2n) is 2.70. The highest BCUT2D eigenvalue weighted by Crippen LogP contribution is 2.19. The van der Waals surface area contributed by atoms with E-state index in [2.05, 4.69) is 5.32 Å². The van der Waals surface area contributed by atoms with Gasteiger partial charge in [-0.15, -0.1) is 11.8 Å². The summed E-state index contributed by atoms with van der Waals surface area (Å²) in [5.41, 5.74) is 0. The van der Waals surface area contributed by atoms with E-state index in [9.17, 15) is 4.79 Å². The van der Waals surface area contributed by atoms with E-state index < -0.39 is 0 Å². The Kier molecular flexibility index (Phi) is 4.84. The molecule has 0 unspecified atom stereocenters. The van der Waals surface area contributed by atoms with Crippen molar-refractivity contribution < 1.29 is 4.79 Å². The molecule has 14 heavy (non-hydrogen) atoms. The van der Waals surface area contributed by atoms with E-state index >= 15 is 0 Å². The van der Waals surface area contributed by atoms with Gasteiger partial charge in [0.25, 0.3) is 0 Å². The number of nitrogens with one attached hydrogen (secondary N) is 1. The lowest BCUT2D eigenvalue weighted by molar-refractivity contribution is -0.118. The molecule has 1 aromatic carbocycles. The minimum absolute atomic E-state index is 0.0625. The Bertz CT molecular complexity index is 299. The van der Waals surface area contributed by atoms with Crippen LogP contribution in [0.5, 0.6) is 0 Å². The summed E-state index contributed by atoms with van der Waals surface area (Å²) in [7, 11) is 0. The summed E-state index contributed by atoms with van der Waals surface area (Å²) in [6.45, 7) is 2.59. The summed E-state index contributed by atoms with van der Waals surface area (Å²) in [6.07, 6.45) is 0. The van der Waals surface area contributed by atoms with Crippen molar-refractivity contribution in [2.45, 2.75) is 11.8 Å². The normalized spacial score (nSPS) is 9.86. The van der Waals surface area contributed by atoms with Gasteiger partial charge in [-0.05, 0) is 31.2 Å². The fraction of sp³-hybridized carbons (Fsp3) is 0.300. The summed E-state index contributed by atoms with van der Waals surface area (Å²) >= 11 is 7.24. The van der Waals surface area contributed by atoms with Crippen LogP contribution < -0.4 is 5.32 Å². The molecule has 2 nitrogen and oxygen atoms in total. The molecule has 1 N–H and O–H groups in total. The van der Waals surface area contributed by atoms with Crippen LogP contribution in [0.1, 0.15) is 6.92 Å². The molecule has 0 aromatic heterocycles. The predicted octanol–water partition coefficient (Wildman–Crippen LogP) is 2.57. The van der Waals surface area contributed by atoms with Gasteiger partial charge in [-0.2, -0.15) is 0 Å².